The first-order valence-electron chi connectivity index (χ1n) is 10.6. The van der Waals surface area contributed by atoms with Gasteiger partial charge < -0.3 is 4.74 Å². The van der Waals surface area contributed by atoms with Gasteiger partial charge in [0.2, 0.25) is 0 Å². The summed E-state index contributed by atoms with van der Waals surface area (Å²) in [6.07, 6.45) is 9.28. The molecule has 0 saturated heterocycles. The zero-order valence-corrected chi connectivity index (χ0v) is 19.2. The van der Waals surface area contributed by atoms with Gasteiger partial charge in [0.05, 0.1) is 22.9 Å². The predicted molar refractivity (Wildman–Crippen MR) is 126 cm³/mol. The van der Waals surface area contributed by atoms with Crippen LogP contribution in [0.15, 0.2) is 41.5 Å². The Morgan fingerprint density at radius 3 is 2.30 bits per heavy atom. The van der Waals surface area contributed by atoms with Gasteiger partial charge in [-0.25, -0.2) is 5.43 Å². The Hall–Kier alpha value is -2.04. The molecule has 4 nitrogen and oxygen atoms in total. The second-order valence-corrected chi connectivity index (χ2v) is 8.04. The number of unbranched alkanes of at least 4 members (excludes halogenated alkanes) is 4. The van der Waals surface area contributed by atoms with Crippen LogP contribution in [0.5, 0.6) is 5.75 Å². The van der Waals surface area contributed by atoms with E-state index >= 15 is 0 Å². The molecule has 30 heavy (non-hydrogen) atoms. The number of hydrazone groups is 1. The van der Waals surface area contributed by atoms with Crippen LogP contribution in [0.25, 0.3) is 0 Å². The lowest BCUT2D eigenvalue weighted by molar-refractivity contribution is 0.0955. The number of nitrogens with zero attached hydrogens (tertiary/aromatic N) is 1. The average Bonchev–Trinajstić information content (AvgIpc) is 2.74. The fourth-order valence-electron chi connectivity index (χ4n) is 2.93. The minimum absolute atomic E-state index is 0.266. The second kappa shape index (κ2) is 13.3. The van der Waals surface area contributed by atoms with Gasteiger partial charge >= 0.3 is 0 Å². The molecular weight excluding hydrogens is 419 g/mol. The number of rotatable bonds is 12. The van der Waals surface area contributed by atoms with Crippen molar-refractivity contribution in [1.29, 1.82) is 0 Å². The summed E-state index contributed by atoms with van der Waals surface area (Å²) in [7, 11) is 0. The Labute approximate surface area is 189 Å². The molecule has 0 aliphatic heterocycles. The average molecular weight is 449 g/mol. The number of aryl methyl sites for hydroxylation is 1. The summed E-state index contributed by atoms with van der Waals surface area (Å²) in [5, 5.41) is 4.86. The summed E-state index contributed by atoms with van der Waals surface area (Å²) in [6, 6.07) is 11.0. The SMILES string of the molecule is CCCCCCOc1c(Cl)cc(/C=N/NC(=O)c2ccc(CCCC)cc2)cc1Cl. The maximum Gasteiger partial charge on any atom is 0.271 e. The highest BCUT2D eigenvalue weighted by atomic mass is 35.5. The van der Waals surface area contributed by atoms with Gasteiger partial charge in [0, 0.05) is 5.56 Å². The predicted octanol–water partition coefficient (Wildman–Crippen LogP) is 7.06. The normalized spacial score (nSPS) is 11.1. The van der Waals surface area contributed by atoms with Crippen molar-refractivity contribution in [1.82, 2.24) is 5.43 Å². The molecule has 0 unspecified atom stereocenters. The zero-order chi connectivity index (χ0) is 21.8. The molecule has 2 aromatic carbocycles. The van der Waals surface area contributed by atoms with E-state index < -0.39 is 0 Å². The van der Waals surface area contributed by atoms with Crippen LogP contribution >= 0.6 is 23.2 Å². The van der Waals surface area contributed by atoms with E-state index in [-0.39, 0.29) is 5.91 Å². The first-order chi connectivity index (χ1) is 14.5. The lowest BCUT2D eigenvalue weighted by Gasteiger charge is -2.10. The standard InChI is InChI=1S/C24H30Cl2N2O2/c1-3-5-7-8-14-30-23-21(25)15-19(16-22(23)26)17-27-28-24(29)20-12-10-18(11-13-20)9-6-4-2/h10-13,15-17H,3-9,14H2,1-2H3,(H,28,29)/b27-17+. The topological polar surface area (TPSA) is 50.7 Å². The van der Waals surface area contributed by atoms with Crippen molar-refractivity contribution < 1.29 is 9.53 Å². The molecular formula is C24H30Cl2N2O2. The van der Waals surface area contributed by atoms with E-state index in [1.807, 2.05) is 24.3 Å². The van der Waals surface area contributed by atoms with Crippen LogP contribution < -0.4 is 10.2 Å². The number of amides is 1. The van der Waals surface area contributed by atoms with Crippen molar-refractivity contribution in [2.75, 3.05) is 6.61 Å². The number of hydrogen-bond donors (Lipinski definition) is 1. The summed E-state index contributed by atoms with van der Waals surface area (Å²) in [6.45, 7) is 4.91. The number of carbonyl (C=O) groups is 1. The summed E-state index contributed by atoms with van der Waals surface area (Å²) >= 11 is 12.6. The molecule has 0 spiro atoms. The van der Waals surface area contributed by atoms with E-state index in [0.29, 0.717) is 33.5 Å². The van der Waals surface area contributed by atoms with Gasteiger partial charge in [-0.05, 0) is 54.7 Å². The summed E-state index contributed by atoms with van der Waals surface area (Å²) in [4.78, 5) is 12.2. The van der Waals surface area contributed by atoms with Crippen molar-refractivity contribution in [3.8, 4) is 5.75 Å². The highest BCUT2D eigenvalue weighted by molar-refractivity contribution is 6.37. The van der Waals surface area contributed by atoms with Crippen molar-refractivity contribution in [3.63, 3.8) is 0 Å². The smallest absolute Gasteiger partial charge is 0.271 e. The van der Waals surface area contributed by atoms with Crippen LogP contribution in [-0.4, -0.2) is 18.7 Å². The molecule has 0 bridgehead atoms. The van der Waals surface area contributed by atoms with Gasteiger partial charge in [-0.3, -0.25) is 4.79 Å². The fraction of sp³-hybridized carbons (Fsp3) is 0.417. The van der Waals surface area contributed by atoms with Crippen LogP contribution in [0.2, 0.25) is 10.0 Å². The maximum atomic E-state index is 12.2. The second-order valence-electron chi connectivity index (χ2n) is 7.22. The summed E-state index contributed by atoms with van der Waals surface area (Å²) in [5.41, 5.74) is 5.01. The highest BCUT2D eigenvalue weighted by Crippen LogP contribution is 2.34. The van der Waals surface area contributed by atoms with Gasteiger partial charge in [0.15, 0.2) is 5.75 Å². The molecule has 1 N–H and O–H groups in total. The molecule has 2 rings (SSSR count). The summed E-state index contributed by atoms with van der Waals surface area (Å²) in [5.74, 6) is 0.219. The molecule has 0 aliphatic carbocycles. The molecule has 0 atom stereocenters. The van der Waals surface area contributed by atoms with Crippen molar-refractivity contribution in [3.05, 3.63) is 63.1 Å². The molecule has 0 aliphatic rings. The first kappa shape index (κ1) is 24.2. The highest BCUT2D eigenvalue weighted by Gasteiger charge is 2.09. The monoisotopic (exact) mass is 448 g/mol. The van der Waals surface area contributed by atoms with Gasteiger partial charge in [-0.2, -0.15) is 5.10 Å². The molecule has 0 heterocycles. The molecule has 0 fully saturated rings. The van der Waals surface area contributed by atoms with E-state index in [0.717, 1.165) is 32.1 Å². The Kier molecular flexibility index (Phi) is 10.7. The molecule has 162 valence electrons. The number of halogens is 2. The van der Waals surface area contributed by atoms with Crippen molar-refractivity contribution >= 4 is 35.3 Å². The molecule has 0 radical (unpaired) electrons. The fourth-order valence-corrected chi connectivity index (χ4v) is 3.54. The van der Waals surface area contributed by atoms with Gasteiger partial charge in [0.25, 0.3) is 5.91 Å². The van der Waals surface area contributed by atoms with Crippen molar-refractivity contribution in [2.24, 2.45) is 5.10 Å². The zero-order valence-electron chi connectivity index (χ0n) is 17.7. The minimum atomic E-state index is -0.266. The molecule has 1 amide bonds. The molecule has 6 heteroatoms. The van der Waals surface area contributed by atoms with Crippen LogP contribution in [0, 0.1) is 0 Å². The van der Waals surface area contributed by atoms with E-state index in [1.165, 1.54) is 24.6 Å². The Bertz CT molecular complexity index is 813. The van der Waals surface area contributed by atoms with Crippen LogP contribution in [0.4, 0.5) is 0 Å². The van der Waals surface area contributed by atoms with Crippen molar-refractivity contribution in [2.45, 2.75) is 58.8 Å². The van der Waals surface area contributed by atoms with Crippen LogP contribution in [0.1, 0.15) is 73.9 Å². The van der Waals surface area contributed by atoms with Gasteiger partial charge in [0.1, 0.15) is 0 Å². The van der Waals surface area contributed by atoms with E-state index in [4.69, 9.17) is 27.9 Å². The Morgan fingerprint density at radius 2 is 1.67 bits per heavy atom. The third-order valence-corrected chi connectivity index (χ3v) is 5.24. The first-order valence-corrected chi connectivity index (χ1v) is 11.3. The Balaban J connectivity index is 1.90. The molecule has 0 aromatic heterocycles. The number of nitrogens with one attached hydrogen (secondary N) is 1. The van der Waals surface area contributed by atoms with Gasteiger partial charge in [-0.1, -0.05) is 74.9 Å². The number of carbonyl (C=O) groups excluding carboxylic acids is 1. The molecule has 2 aromatic rings. The maximum absolute atomic E-state index is 12.2. The third kappa shape index (κ3) is 8.00. The minimum Gasteiger partial charge on any atom is -0.490 e. The van der Waals surface area contributed by atoms with Crippen LogP contribution in [-0.2, 0) is 6.42 Å². The quantitative estimate of drug-likeness (QED) is 0.214. The lowest BCUT2D eigenvalue weighted by atomic mass is 10.1. The number of benzene rings is 2. The number of hydrogen-bond acceptors (Lipinski definition) is 3. The van der Waals surface area contributed by atoms with Crippen LogP contribution in [0.3, 0.4) is 0 Å². The van der Waals surface area contributed by atoms with Gasteiger partial charge in [-0.15, -0.1) is 0 Å². The number of ether oxygens (including phenoxy) is 1. The van der Waals surface area contributed by atoms with E-state index in [1.54, 1.807) is 12.1 Å². The lowest BCUT2D eigenvalue weighted by Crippen LogP contribution is -2.17. The largest absolute Gasteiger partial charge is 0.490 e. The molecule has 0 saturated carbocycles. The Morgan fingerprint density at radius 1 is 1.00 bits per heavy atom. The van der Waals surface area contributed by atoms with E-state index in [9.17, 15) is 4.79 Å². The third-order valence-electron chi connectivity index (χ3n) is 4.68. The van der Waals surface area contributed by atoms with E-state index in [2.05, 4.69) is 24.4 Å². The summed E-state index contributed by atoms with van der Waals surface area (Å²) < 4.78 is 5.73.